The van der Waals surface area contributed by atoms with Crippen LogP contribution in [-0.4, -0.2) is 26.1 Å². The number of esters is 1. The zero-order valence-corrected chi connectivity index (χ0v) is 18.4. The molecule has 0 saturated heterocycles. The number of aromatic nitrogens is 3. The van der Waals surface area contributed by atoms with Gasteiger partial charge in [0.1, 0.15) is 23.4 Å². The number of halogens is 1. The van der Waals surface area contributed by atoms with Crippen LogP contribution in [0.1, 0.15) is 67.9 Å². The van der Waals surface area contributed by atoms with Crippen LogP contribution in [0.5, 0.6) is 0 Å². The lowest BCUT2D eigenvalue weighted by molar-refractivity contribution is 0.00695. The molecule has 2 unspecified atom stereocenters. The molecule has 2 heterocycles. The van der Waals surface area contributed by atoms with Gasteiger partial charge in [-0.1, -0.05) is 12.1 Å². The van der Waals surface area contributed by atoms with Crippen molar-refractivity contribution in [3.05, 3.63) is 52.4 Å². The Hall–Kier alpha value is -2.41. The van der Waals surface area contributed by atoms with Gasteiger partial charge in [0, 0.05) is 16.7 Å². The fraction of sp³-hybridized carbons (Fsp3) is 0.409. The quantitative estimate of drug-likeness (QED) is 0.544. The number of ether oxygens (including phenoxy) is 1. The topological polar surface area (TPSA) is 83.0 Å². The zero-order chi connectivity index (χ0) is 20.8. The Labute approximate surface area is 178 Å². The van der Waals surface area contributed by atoms with E-state index in [2.05, 4.69) is 48.8 Å². The van der Waals surface area contributed by atoms with Gasteiger partial charge in [-0.05, 0) is 79.6 Å². The molecular formula is C22H25BrN4O2. The van der Waals surface area contributed by atoms with Crippen LogP contribution < -0.4 is 5.73 Å². The van der Waals surface area contributed by atoms with Gasteiger partial charge in [0.15, 0.2) is 0 Å². The normalized spacial score (nSPS) is 19.6. The molecule has 7 heteroatoms. The Kier molecular flexibility index (Phi) is 5.11. The standard InChI is InChI=1S/C22H25BrN4O2/c1-22(2,3)29-21(28)14-6-4-13(5-7-14)15-8-9-16(10-15)27-11-17(23)18-19(24)25-12-26-20(18)27/h4-7,11-12,15-16H,8-10H2,1-3H3,(H2,24,25,26). The van der Waals surface area contributed by atoms with Crippen LogP contribution >= 0.6 is 15.9 Å². The summed E-state index contributed by atoms with van der Waals surface area (Å²) < 4.78 is 8.59. The van der Waals surface area contributed by atoms with Gasteiger partial charge in [-0.3, -0.25) is 0 Å². The molecule has 2 atom stereocenters. The lowest BCUT2D eigenvalue weighted by Crippen LogP contribution is -2.23. The minimum Gasteiger partial charge on any atom is -0.456 e. The van der Waals surface area contributed by atoms with Crippen LogP contribution in [0.15, 0.2) is 41.3 Å². The van der Waals surface area contributed by atoms with Crippen molar-refractivity contribution in [3.8, 4) is 0 Å². The number of carbonyl (C=O) groups is 1. The van der Waals surface area contributed by atoms with Gasteiger partial charge >= 0.3 is 5.97 Å². The van der Waals surface area contributed by atoms with Crippen molar-refractivity contribution in [2.45, 2.75) is 57.6 Å². The van der Waals surface area contributed by atoms with E-state index in [9.17, 15) is 4.79 Å². The van der Waals surface area contributed by atoms with E-state index in [-0.39, 0.29) is 5.97 Å². The summed E-state index contributed by atoms with van der Waals surface area (Å²) in [6.45, 7) is 5.62. The summed E-state index contributed by atoms with van der Waals surface area (Å²) >= 11 is 3.59. The lowest BCUT2D eigenvalue weighted by atomic mass is 9.96. The summed E-state index contributed by atoms with van der Waals surface area (Å²) in [5.41, 5.74) is 8.25. The van der Waals surface area contributed by atoms with Crippen LogP contribution in [0.25, 0.3) is 11.0 Å². The fourth-order valence-corrected chi connectivity index (χ4v) is 4.68. The predicted molar refractivity (Wildman–Crippen MR) is 117 cm³/mol. The molecule has 0 amide bonds. The number of fused-ring (bicyclic) bond motifs is 1. The third kappa shape index (κ3) is 4.01. The monoisotopic (exact) mass is 456 g/mol. The van der Waals surface area contributed by atoms with Gasteiger partial charge in [-0.25, -0.2) is 14.8 Å². The first-order valence-electron chi connectivity index (χ1n) is 9.83. The van der Waals surface area contributed by atoms with E-state index in [0.717, 1.165) is 34.8 Å². The first kappa shape index (κ1) is 19.9. The molecule has 1 aromatic carbocycles. The van der Waals surface area contributed by atoms with Crippen molar-refractivity contribution in [2.75, 3.05) is 5.73 Å². The molecule has 0 bridgehead atoms. The van der Waals surface area contributed by atoms with Crippen molar-refractivity contribution in [1.29, 1.82) is 0 Å². The molecule has 0 radical (unpaired) electrons. The number of benzene rings is 1. The second-order valence-electron chi connectivity index (χ2n) is 8.63. The highest BCUT2D eigenvalue weighted by molar-refractivity contribution is 9.10. The Morgan fingerprint density at radius 2 is 1.93 bits per heavy atom. The fourth-order valence-electron chi connectivity index (χ4n) is 4.08. The Balaban J connectivity index is 1.51. The molecule has 4 rings (SSSR count). The van der Waals surface area contributed by atoms with Gasteiger partial charge in [-0.2, -0.15) is 0 Å². The number of nitrogen functional groups attached to an aromatic ring is 1. The van der Waals surface area contributed by atoms with Gasteiger partial charge in [-0.15, -0.1) is 0 Å². The lowest BCUT2D eigenvalue weighted by Gasteiger charge is -2.19. The zero-order valence-electron chi connectivity index (χ0n) is 16.9. The molecule has 2 aromatic heterocycles. The molecule has 3 aromatic rings. The Morgan fingerprint density at radius 3 is 2.62 bits per heavy atom. The molecule has 1 saturated carbocycles. The van der Waals surface area contributed by atoms with E-state index < -0.39 is 5.60 Å². The van der Waals surface area contributed by atoms with E-state index in [0.29, 0.717) is 23.3 Å². The summed E-state index contributed by atoms with van der Waals surface area (Å²) in [6.07, 6.45) is 6.76. The first-order chi connectivity index (χ1) is 13.7. The van der Waals surface area contributed by atoms with Crippen molar-refractivity contribution < 1.29 is 9.53 Å². The number of rotatable bonds is 3. The minimum atomic E-state index is -0.491. The average Bonchev–Trinajstić information content (AvgIpc) is 3.26. The summed E-state index contributed by atoms with van der Waals surface area (Å²) in [5, 5.41) is 0.873. The Morgan fingerprint density at radius 1 is 1.21 bits per heavy atom. The van der Waals surface area contributed by atoms with Crippen LogP contribution in [-0.2, 0) is 4.74 Å². The number of nitrogens with two attached hydrogens (primary N) is 1. The molecular weight excluding hydrogens is 432 g/mol. The maximum atomic E-state index is 12.2. The van der Waals surface area contributed by atoms with E-state index in [1.54, 1.807) is 0 Å². The molecule has 0 spiro atoms. The highest BCUT2D eigenvalue weighted by Crippen LogP contribution is 2.43. The maximum Gasteiger partial charge on any atom is 0.338 e. The number of carbonyl (C=O) groups excluding carboxylic acids is 1. The number of hydrogen-bond donors (Lipinski definition) is 1. The summed E-state index contributed by atoms with van der Waals surface area (Å²) in [4.78, 5) is 20.8. The van der Waals surface area contributed by atoms with E-state index in [4.69, 9.17) is 10.5 Å². The molecule has 29 heavy (non-hydrogen) atoms. The Bertz CT molecular complexity index is 1050. The van der Waals surface area contributed by atoms with Crippen molar-refractivity contribution in [2.24, 2.45) is 0 Å². The van der Waals surface area contributed by atoms with Crippen molar-refractivity contribution >= 4 is 38.8 Å². The third-order valence-corrected chi connectivity index (χ3v) is 6.01. The number of hydrogen-bond acceptors (Lipinski definition) is 5. The highest BCUT2D eigenvalue weighted by atomic mass is 79.9. The van der Waals surface area contributed by atoms with Gasteiger partial charge in [0.2, 0.25) is 0 Å². The first-order valence-corrected chi connectivity index (χ1v) is 10.6. The number of nitrogens with zero attached hydrogens (tertiary/aromatic N) is 3. The van der Waals surface area contributed by atoms with Crippen molar-refractivity contribution in [3.63, 3.8) is 0 Å². The van der Waals surface area contributed by atoms with Crippen LogP contribution in [0.2, 0.25) is 0 Å². The predicted octanol–water partition coefficient (Wildman–Crippen LogP) is 5.24. The van der Waals surface area contributed by atoms with Crippen LogP contribution in [0.3, 0.4) is 0 Å². The minimum absolute atomic E-state index is 0.283. The SMILES string of the molecule is CC(C)(C)OC(=O)c1ccc(C2CCC(n3cc(Br)c4c(N)ncnc43)C2)cc1. The largest absolute Gasteiger partial charge is 0.456 e. The smallest absolute Gasteiger partial charge is 0.338 e. The van der Waals surface area contributed by atoms with E-state index >= 15 is 0 Å². The van der Waals surface area contributed by atoms with Crippen molar-refractivity contribution in [1.82, 2.24) is 14.5 Å². The van der Waals surface area contributed by atoms with Gasteiger partial charge < -0.3 is 15.0 Å². The second-order valence-corrected chi connectivity index (χ2v) is 9.48. The molecule has 6 nitrogen and oxygen atoms in total. The summed E-state index contributed by atoms with van der Waals surface area (Å²) in [6, 6.07) is 8.19. The van der Waals surface area contributed by atoms with Gasteiger partial charge in [0.25, 0.3) is 0 Å². The second kappa shape index (κ2) is 7.44. The molecule has 2 N–H and O–H groups in total. The summed E-state index contributed by atoms with van der Waals surface area (Å²) in [5.74, 6) is 0.658. The average molecular weight is 457 g/mol. The van der Waals surface area contributed by atoms with E-state index in [1.165, 1.54) is 11.9 Å². The molecule has 1 aliphatic rings. The maximum absolute atomic E-state index is 12.2. The van der Waals surface area contributed by atoms with E-state index in [1.807, 2.05) is 32.9 Å². The number of anilines is 1. The van der Waals surface area contributed by atoms with Crippen LogP contribution in [0, 0.1) is 0 Å². The third-order valence-electron chi connectivity index (χ3n) is 5.41. The highest BCUT2D eigenvalue weighted by Gasteiger charge is 2.29. The van der Waals surface area contributed by atoms with Gasteiger partial charge in [0.05, 0.1) is 10.9 Å². The molecule has 0 aliphatic heterocycles. The molecule has 152 valence electrons. The van der Waals surface area contributed by atoms with Crippen LogP contribution in [0.4, 0.5) is 5.82 Å². The molecule has 1 aliphatic carbocycles. The summed E-state index contributed by atoms with van der Waals surface area (Å²) in [7, 11) is 0. The molecule has 1 fully saturated rings.